The highest BCUT2D eigenvalue weighted by Gasteiger charge is 2.67. The zero-order valence-electron chi connectivity index (χ0n) is 17.4. The van der Waals surface area contributed by atoms with E-state index in [0.717, 1.165) is 6.42 Å². The number of rotatable bonds is 4. The van der Waals surface area contributed by atoms with Gasteiger partial charge in [-0.15, -0.1) is 0 Å². The lowest BCUT2D eigenvalue weighted by Gasteiger charge is -2.37. The number of ether oxygens (including phenoxy) is 1. The van der Waals surface area contributed by atoms with Crippen LogP contribution in [0.1, 0.15) is 34.1 Å². The lowest BCUT2D eigenvalue weighted by Crippen LogP contribution is -2.40. The van der Waals surface area contributed by atoms with Crippen LogP contribution < -0.4 is 9.64 Å². The zero-order chi connectivity index (χ0) is 22.1. The van der Waals surface area contributed by atoms with Crippen LogP contribution in [-0.2, 0) is 9.59 Å². The first-order valence-corrected chi connectivity index (χ1v) is 10.9. The number of hydrogen-bond donors (Lipinski definition) is 0. The molecule has 2 bridgehead atoms. The Labute approximate surface area is 184 Å². The average molecular weight is 427 g/mol. The second-order valence-electron chi connectivity index (χ2n) is 9.18. The van der Waals surface area contributed by atoms with Crippen molar-refractivity contribution < 1.29 is 23.9 Å². The molecule has 1 saturated heterocycles. The van der Waals surface area contributed by atoms with E-state index in [-0.39, 0.29) is 41.3 Å². The number of nitrogens with zero attached hydrogens (tertiary/aromatic N) is 1. The van der Waals surface area contributed by atoms with Crippen LogP contribution in [0.15, 0.2) is 60.7 Å². The molecule has 6 atom stereocenters. The molecular weight excluding hydrogens is 406 g/mol. The molecule has 6 nitrogen and oxygen atoms in total. The quantitative estimate of drug-likeness (QED) is 0.245. The summed E-state index contributed by atoms with van der Waals surface area (Å²) in [7, 11) is 0. The van der Waals surface area contributed by atoms with Gasteiger partial charge in [-0.1, -0.05) is 12.2 Å². The second-order valence-corrected chi connectivity index (χ2v) is 9.18. The van der Waals surface area contributed by atoms with E-state index < -0.39 is 5.97 Å². The van der Waals surface area contributed by atoms with Crippen LogP contribution in [0.25, 0.3) is 0 Å². The molecule has 0 unspecified atom stereocenters. The van der Waals surface area contributed by atoms with Gasteiger partial charge in [-0.3, -0.25) is 19.3 Å². The Morgan fingerprint density at radius 2 is 1.34 bits per heavy atom. The van der Waals surface area contributed by atoms with Crippen molar-refractivity contribution in [1.29, 1.82) is 0 Å². The van der Waals surface area contributed by atoms with Crippen molar-refractivity contribution in [2.75, 3.05) is 4.90 Å². The number of esters is 1. The zero-order valence-corrected chi connectivity index (χ0v) is 17.4. The van der Waals surface area contributed by atoms with E-state index in [4.69, 9.17) is 4.74 Å². The van der Waals surface area contributed by atoms with Gasteiger partial charge in [-0.25, -0.2) is 4.79 Å². The van der Waals surface area contributed by atoms with Crippen LogP contribution in [0.3, 0.4) is 0 Å². The Kier molecular flexibility index (Phi) is 4.03. The molecule has 2 aromatic carbocycles. The number of anilines is 1. The van der Waals surface area contributed by atoms with E-state index >= 15 is 0 Å². The Morgan fingerprint density at radius 1 is 0.812 bits per heavy atom. The smallest absolute Gasteiger partial charge is 0.343 e. The van der Waals surface area contributed by atoms with Crippen LogP contribution in [0.5, 0.6) is 5.75 Å². The summed E-state index contributed by atoms with van der Waals surface area (Å²) in [6, 6.07) is 12.7. The lowest BCUT2D eigenvalue weighted by molar-refractivity contribution is -0.124. The Bertz CT molecular complexity index is 1160. The van der Waals surface area contributed by atoms with Gasteiger partial charge in [-0.05, 0) is 85.5 Å². The van der Waals surface area contributed by atoms with Crippen molar-refractivity contribution in [3.05, 3.63) is 71.8 Å². The van der Waals surface area contributed by atoms with Crippen LogP contribution in [0.4, 0.5) is 5.69 Å². The summed E-state index contributed by atoms with van der Waals surface area (Å²) < 4.78 is 5.37. The predicted molar refractivity (Wildman–Crippen MR) is 115 cm³/mol. The first kappa shape index (κ1) is 19.2. The maximum atomic E-state index is 13.2. The van der Waals surface area contributed by atoms with Gasteiger partial charge in [0, 0.05) is 5.56 Å². The number of amides is 2. The summed E-state index contributed by atoms with van der Waals surface area (Å²) in [5.41, 5.74) is 1.34. The Hall–Kier alpha value is -3.54. The van der Waals surface area contributed by atoms with Crippen LogP contribution in [0, 0.1) is 35.5 Å². The molecule has 2 saturated carbocycles. The number of Topliss-reactive ketones (excluding diaryl/α,β-unsaturated/α-hetero) is 1. The summed E-state index contributed by atoms with van der Waals surface area (Å²) in [4.78, 5) is 51.6. The van der Waals surface area contributed by atoms with E-state index in [1.165, 1.54) is 11.8 Å². The van der Waals surface area contributed by atoms with E-state index in [0.29, 0.717) is 34.4 Å². The first-order chi connectivity index (χ1) is 15.4. The summed E-state index contributed by atoms with van der Waals surface area (Å²) in [6.07, 6.45) is 5.43. The summed E-state index contributed by atoms with van der Waals surface area (Å²) in [6.45, 7) is 1.47. The second kappa shape index (κ2) is 6.73. The minimum Gasteiger partial charge on any atom is -0.423 e. The molecule has 32 heavy (non-hydrogen) atoms. The largest absolute Gasteiger partial charge is 0.423 e. The number of allylic oxidation sites excluding steroid dienone is 2. The first-order valence-electron chi connectivity index (χ1n) is 10.9. The SMILES string of the molecule is CC(=O)c1ccc(OC(=O)c2ccc(N3C(=O)[C@@H]4[C@H]5C=C[C@@H]([C@@H]6C[C@@H]56)[C@H]4C3=O)cc2)cc1. The molecule has 0 N–H and O–H groups in total. The minimum absolute atomic E-state index is 0.0647. The monoisotopic (exact) mass is 427 g/mol. The number of carbonyl (C=O) groups is 4. The van der Waals surface area contributed by atoms with Crippen molar-refractivity contribution in [2.24, 2.45) is 35.5 Å². The third kappa shape index (κ3) is 2.72. The molecule has 0 spiro atoms. The van der Waals surface area contributed by atoms with E-state index in [1.54, 1.807) is 48.5 Å². The number of imide groups is 1. The summed E-state index contributed by atoms with van der Waals surface area (Å²) in [5, 5.41) is 0. The molecular formula is C26H21NO5. The third-order valence-electron chi connectivity index (χ3n) is 7.50. The standard InChI is InChI=1S/C26H21NO5/c1-13(28)14-4-8-17(9-5-14)32-26(31)15-2-6-16(7-3-15)27-24(29)22-18-10-11-19(21-12-20(18)21)23(22)25(27)30/h2-11,18-23H,12H2,1H3/t18-,19-,20-,21-,22+,23+/m0/s1. The molecule has 6 heteroatoms. The topological polar surface area (TPSA) is 80.8 Å². The normalized spacial score (nSPS) is 31.3. The molecule has 0 aromatic heterocycles. The maximum Gasteiger partial charge on any atom is 0.343 e. The fraction of sp³-hybridized carbons (Fsp3) is 0.308. The fourth-order valence-corrected chi connectivity index (χ4v) is 5.88. The van der Waals surface area contributed by atoms with Gasteiger partial charge in [0.25, 0.3) is 0 Å². The molecule has 3 fully saturated rings. The van der Waals surface area contributed by atoms with Crippen LogP contribution >= 0.6 is 0 Å². The average Bonchev–Trinajstić information content (AvgIpc) is 3.58. The van der Waals surface area contributed by atoms with Gasteiger partial charge in [0.15, 0.2) is 5.78 Å². The highest BCUT2D eigenvalue weighted by Crippen LogP contribution is 2.65. The minimum atomic E-state index is -0.554. The van der Waals surface area contributed by atoms with Crippen LogP contribution in [-0.4, -0.2) is 23.6 Å². The van der Waals surface area contributed by atoms with Gasteiger partial charge < -0.3 is 4.74 Å². The molecule has 5 aliphatic rings. The van der Waals surface area contributed by atoms with Crippen molar-refractivity contribution in [3.63, 3.8) is 0 Å². The van der Waals surface area contributed by atoms with Crippen molar-refractivity contribution in [2.45, 2.75) is 13.3 Å². The molecule has 1 aliphatic heterocycles. The van der Waals surface area contributed by atoms with Gasteiger partial charge in [0.2, 0.25) is 11.8 Å². The lowest BCUT2D eigenvalue weighted by atomic mass is 9.63. The molecule has 4 aliphatic carbocycles. The highest BCUT2D eigenvalue weighted by molar-refractivity contribution is 6.22. The third-order valence-corrected chi connectivity index (χ3v) is 7.50. The Morgan fingerprint density at radius 3 is 1.88 bits per heavy atom. The molecule has 160 valence electrons. The van der Waals surface area contributed by atoms with Gasteiger partial charge in [-0.2, -0.15) is 0 Å². The van der Waals surface area contributed by atoms with E-state index in [2.05, 4.69) is 12.2 Å². The van der Waals surface area contributed by atoms with E-state index in [9.17, 15) is 19.2 Å². The van der Waals surface area contributed by atoms with Gasteiger partial charge in [0.05, 0.1) is 23.1 Å². The fourth-order valence-electron chi connectivity index (χ4n) is 5.88. The maximum absolute atomic E-state index is 13.2. The van der Waals surface area contributed by atoms with Crippen molar-refractivity contribution in [3.8, 4) is 5.75 Å². The van der Waals surface area contributed by atoms with Crippen molar-refractivity contribution in [1.82, 2.24) is 0 Å². The highest BCUT2D eigenvalue weighted by atomic mass is 16.5. The molecule has 0 radical (unpaired) electrons. The predicted octanol–water partition coefficient (Wildman–Crippen LogP) is 3.67. The number of hydrogen-bond acceptors (Lipinski definition) is 5. The molecule has 2 amide bonds. The number of carbonyl (C=O) groups excluding carboxylic acids is 4. The molecule has 2 aromatic rings. The number of benzene rings is 2. The Balaban J connectivity index is 1.19. The number of ketones is 1. The van der Waals surface area contributed by atoms with Gasteiger partial charge in [0.1, 0.15) is 5.75 Å². The summed E-state index contributed by atoms with van der Waals surface area (Å²) in [5.74, 6) is 0.463. The van der Waals surface area contributed by atoms with Crippen molar-refractivity contribution >= 4 is 29.3 Å². The van der Waals surface area contributed by atoms with Gasteiger partial charge >= 0.3 is 5.97 Å². The summed E-state index contributed by atoms with van der Waals surface area (Å²) >= 11 is 0. The van der Waals surface area contributed by atoms with E-state index in [1.807, 2.05) is 0 Å². The van der Waals surface area contributed by atoms with Crippen LogP contribution in [0.2, 0.25) is 0 Å². The molecule has 1 heterocycles. The molecule has 7 rings (SSSR count).